The van der Waals surface area contributed by atoms with E-state index in [0.717, 1.165) is 72.1 Å². The van der Waals surface area contributed by atoms with Crippen molar-refractivity contribution in [2.45, 2.75) is 118 Å². The Morgan fingerprint density at radius 3 is 1.36 bits per heavy atom. The van der Waals surface area contributed by atoms with Gasteiger partial charge in [-0.25, -0.2) is 9.59 Å². The van der Waals surface area contributed by atoms with Crippen LogP contribution >= 0.6 is 12.4 Å². The van der Waals surface area contributed by atoms with Crippen molar-refractivity contribution in [3.63, 3.8) is 0 Å². The van der Waals surface area contributed by atoms with Crippen LogP contribution in [0.15, 0.2) is 128 Å². The standard InChI is InChI=1S/C21H26N2O3.C20H24N2O3.C17H19NO.CH4.ClH.Na.H/c1-21(2,3)26-20(24)23(4)14-19-18-13-17(15-7-10-22-11-8-15)6-5-16(18)9-12-25-19;1-20(2,3)25-19(23)22-13-18-17-12-16(14-6-9-21-10-7-14)5-4-15(17)8-11-24-18;1-2-3-17-16-12-15(13-6-9-18-10-7-13)5-4-14(16)8-11-19-17;;;;/h5-8,10-11,13,19H,9,12,14H2,1-4H3;4-7,9-10,12,18H,8,11,13H2,1-3H3,(H,22,23);4-7,9-10,12,17H,2-3,8,11H2,1H3;1H4;1H;;/q;;;;;+1;-1/t19-;18-;17-;;;;/m000..../s1. The zero-order valence-corrected chi connectivity index (χ0v) is 46.3. The molecular formula is C59H75ClN5NaO7. The summed E-state index contributed by atoms with van der Waals surface area (Å²) in [6.07, 6.45) is 15.1. The molecule has 6 aromatic rings. The monoisotopic (exact) mass is 1020 g/mol. The van der Waals surface area contributed by atoms with E-state index in [0.29, 0.717) is 26.3 Å². The van der Waals surface area contributed by atoms with Gasteiger partial charge in [0.1, 0.15) is 23.4 Å². The first-order chi connectivity index (χ1) is 33.6. The molecule has 3 aliphatic rings. The first kappa shape index (κ1) is 60.4. The van der Waals surface area contributed by atoms with Crippen LogP contribution in [-0.4, -0.2) is 83.2 Å². The number of hydrogen-bond acceptors (Lipinski definition) is 10. The number of rotatable bonds is 9. The molecule has 9 rings (SSSR count). The van der Waals surface area contributed by atoms with Gasteiger partial charge in [-0.05, 0) is 189 Å². The zero-order chi connectivity index (χ0) is 49.7. The van der Waals surface area contributed by atoms with Crippen molar-refractivity contribution < 1.29 is 64.3 Å². The second-order valence-corrected chi connectivity index (χ2v) is 19.8. The summed E-state index contributed by atoms with van der Waals surface area (Å²) in [6, 6.07) is 31.7. The molecule has 14 heteroatoms. The molecule has 1 N–H and O–H groups in total. The van der Waals surface area contributed by atoms with Crippen molar-refractivity contribution in [3.05, 3.63) is 162 Å². The third-order valence-electron chi connectivity index (χ3n) is 12.1. The molecule has 0 aliphatic carbocycles. The summed E-state index contributed by atoms with van der Waals surface area (Å²) < 4.78 is 28.5. The number of likely N-dealkylation sites (N-methyl/N-ethyl adjacent to an activating group) is 1. The Kier molecular flexibility index (Phi) is 23.6. The molecule has 6 heterocycles. The molecule has 0 fully saturated rings. The van der Waals surface area contributed by atoms with Crippen molar-refractivity contribution in [2.75, 3.05) is 40.0 Å². The van der Waals surface area contributed by atoms with E-state index in [2.05, 4.69) is 93.9 Å². The number of alkyl carbamates (subject to hydrolysis) is 1. The largest absolute Gasteiger partial charge is 1.00 e. The summed E-state index contributed by atoms with van der Waals surface area (Å²) in [7, 11) is 1.75. The molecule has 12 nitrogen and oxygen atoms in total. The first-order valence-electron chi connectivity index (χ1n) is 24.5. The van der Waals surface area contributed by atoms with E-state index >= 15 is 0 Å². The number of halogens is 1. The van der Waals surface area contributed by atoms with E-state index in [1.165, 1.54) is 33.4 Å². The number of pyridine rings is 3. The van der Waals surface area contributed by atoms with Crippen molar-refractivity contribution in [2.24, 2.45) is 0 Å². The molecule has 3 aromatic heterocycles. The predicted molar refractivity (Wildman–Crippen MR) is 289 cm³/mol. The minimum atomic E-state index is -0.510. The second kappa shape index (κ2) is 28.5. The molecular weight excluding hydrogens is 949 g/mol. The van der Waals surface area contributed by atoms with Gasteiger partial charge in [-0.15, -0.1) is 12.4 Å². The molecule has 3 aromatic carbocycles. The molecule has 3 atom stereocenters. The number of nitrogens with one attached hydrogen (secondary N) is 1. The van der Waals surface area contributed by atoms with E-state index in [9.17, 15) is 9.59 Å². The fourth-order valence-electron chi connectivity index (χ4n) is 8.72. The quantitative estimate of drug-likeness (QED) is 0.140. The molecule has 73 heavy (non-hydrogen) atoms. The number of carbonyl (C=O) groups is 2. The number of ether oxygens (including phenoxy) is 5. The van der Waals surface area contributed by atoms with Gasteiger partial charge >= 0.3 is 41.7 Å². The van der Waals surface area contributed by atoms with Gasteiger partial charge in [0.25, 0.3) is 0 Å². The van der Waals surface area contributed by atoms with Gasteiger partial charge in [0.15, 0.2) is 0 Å². The van der Waals surface area contributed by atoms with E-state index in [1.54, 1.807) is 36.7 Å². The van der Waals surface area contributed by atoms with Crippen LogP contribution in [0.4, 0.5) is 9.59 Å². The third kappa shape index (κ3) is 17.7. The number of fused-ring (bicyclic) bond motifs is 3. The topological polar surface area (TPSA) is 134 Å². The molecule has 2 amide bonds. The predicted octanol–water partition coefficient (Wildman–Crippen LogP) is 10.5. The van der Waals surface area contributed by atoms with E-state index in [4.69, 9.17) is 23.7 Å². The van der Waals surface area contributed by atoms with Gasteiger partial charge in [0.2, 0.25) is 0 Å². The van der Waals surface area contributed by atoms with Gasteiger partial charge in [0, 0.05) is 44.2 Å². The summed E-state index contributed by atoms with van der Waals surface area (Å²) in [5.41, 5.74) is 13.6. The molecule has 386 valence electrons. The van der Waals surface area contributed by atoms with E-state index in [1.807, 2.05) is 78.2 Å². The van der Waals surface area contributed by atoms with Gasteiger partial charge < -0.3 is 35.3 Å². The smallest absolute Gasteiger partial charge is 1.00 e. The van der Waals surface area contributed by atoms with Crippen LogP contribution in [0.25, 0.3) is 33.4 Å². The molecule has 3 aliphatic heterocycles. The van der Waals surface area contributed by atoms with Crippen molar-refractivity contribution in [3.8, 4) is 33.4 Å². The van der Waals surface area contributed by atoms with Crippen molar-refractivity contribution in [1.82, 2.24) is 25.2 Å². The first-order valence-corrected chi connectivity index (χ1v) is 24.5. The number of amides is 2. The van der Waals surface area contributed by atoms with Gasteiger partial charge in [0.05, 0.1) is 39.0 Å². The Labute approximate surface area is 463 Å². The maximum atomic E-state index is 12.3. The minimum Gasteiger partial charge on any atom is -1.00 e. The summed E-state index contributed by atoms with van der Waals surface area (Å²) in [6.45, 7) is 16.4. The average Bonchev–Trinajstić information content (AvgIpc) is 3.36. The summed E-state index contributed by atoms with van der Waals surface area (Å²) >= 11 is 0. The van der Waals surface area contributed by atoms with Crippen molar-refractivity contribution in [1.29, 1.82) is 0 Å². The van der Waals surface area contributed by atoms with Crippen LogP contribution in [-0.2, 0) is 42.9 Å². The average molecular weight is 1020 g/mol. The molecule has 0 saturated heterocycles. The number of benzene rings is 3. The summed E-state index contributed by atoms with van der Waals surface area (Å²) in [5, 5.41) is 2.81. The van der Waals surface area contributed by atoms with Gasteiger partial charge in [-0.3, -0.25) is 15.0 Å². The molecule has 0 unspecified atom stereocenters. The number of carbonyl (C=O) groups excluding carboxylic acids is 2. The Morgan fingerprint density at radius 2 is 0.959 bits per heavy atom. The van der Waals surface area contributed by atoms with Crippen LogP contribution < -0.4 is 34.9 Å². The zero-order valence-electron chi connectivity index (χ0n) is 44.5. The fourth-order valence-corrected chi connectivity index (χ4v) is 8.72. The van der Waals surface area contributed by atoms with Crippen LogP contribution in [0, 0.1) is 0 Å². The third-order valence-corrected chi connectivity index (χ3v) is 12.1. The summed E-state index contributed by atoms with van der Waals surface area (Å²) in [4.78, 5) is 38.0. The Hall–Kier alpha value is -5.18. The molecule has 0 bridgehead atoms. The maximum Gasteiger partial charge on any atom is 1.00 e. The minimum absolute atomic E-state index is 0. The van der Waals surface area contributed by atoms with E-state index < -0.39 is 17.3 Å². The Balaban J connectivity index is 0.000000288. The SMILES string of the molecule is C.CC(C)(C)OC(=O)NC[C@@H]1OCCc2ccc(-c3ccncc3)cc21.CCC[C@@H]1OCCc2ccc(-c3ccncc3)cc21.CN(C[C@@H]1OCCc2ccc(-c3ccncc3)cc21)C(=O)OC(C)(C)C.Cl.[H-].[Na+]. The fraction of sp³-hybridized carbons (Fsp3) is 0.407. The van der Waals surface area contributed by atoms with E-state index in [-0.39, 0.29) is 75.2 Å². The van der Waals surface area contributed by atoms with Crippen LogP contribution in [0.5, 0.6) is 0 Å². The Bertz CT molecular complexity index is 2660. The molecule has 0 saturated carbocycles. The second-order valence-electron chi connectivity index (χ2n) is 19.8. The van der Waals surface area contributed by atoms with Gasteiger partial charge in [-0.1, -0.05) is 57.2 Å². The van der Waals surface area contributed by atoms with Crippen molar-refractivity contribution >= 4 is 24.6 Å². The normalized spacial score (nSPS) is 16.4. The molecule has 0 spiro atoms. The number of nitrogens with zero attached hydrogens (tertiary/aromatic N) is 4. The summed E-state index contributed by atoms with van der Waals surface area (Å²) in [5.74, 6) is 0. The van der Waals surface area contributed by atoms with Crippen LogP contribution in [0.2, 0.25) is 0 Å². The number of hydrogen-bond donors (Lipinski definition) is 1. The van der Waals surface area contributed by atoms with Crippen LogP contribution in [0.1, 0.15) is 122 Å². The number of aromatic nitrogens is 3. The van der Waals surface area contributed by atoms with Gasteiger partial charge in [-0.2, -0.15) is 0 Å². The Morgan fingerprint density at radius 1 is 0.589 bits per heavy atom. The maximum absolute atomic E-state index is 12.3. The van der Waals surface area contributed by atoms with Crippen LogP contribution in [0.3, 0.4) is 0 Å². The molecule has 0 radical (unpaired) electrons.